The fraction of sp³-hybridized carbons (Fsp3) is 0.364. The van der Waals surface area contributed by atoms with Crippen molar-refractivity contribution in [2.24, 2.45) is 5.92 Å². The molecule has 0 bridgehead atoms. The highest BCUT2D eigenvalue weighted by molar-refractivity contribution is 5.85. The van der Waals surface area contributed by atoms with Crippen molar-refractivity contribution in [1.29, 1.82) is 0 Å². The van der Waals surface area contributed by atoms with Gasteiger partial charge >= 0.3 is 0 Å². The Morgan fingerprint density at radius 1 is 1.36 bits per heavy atom. The first-order chi connectivity index (χ1) is 6.75. The summed E-state index contributed by atoms with van der Waals surface area (Å²) in [5, 5.41) is 3.03. The fourth-order valence-corrected chi connectivity index (χ4v) is 1.72. The number of rotatable bonds is 2. The molecular formula is C11H12FNO. The molecule has 0 aromatic heterocycles. The van der Waals surface area contributed by atoms with Gasteiger partial charge in [0.1, 0.15) is 5.82 Å². The van der Waals surface area contributed by atoms with Crippen molar-refractivity contribution >= 4 is 5.78 Å². The Labute approximate surface area is 82.1 Å². The summed E-state index contributed by atoms with van der Waals surface area (Å²) in [5.74, 6) is 0.0967. The number of ketones is 1. The summed E-state index contributed by atoms with van der Waals surface area (Å²) in [7, 11) is 0. The third-order valence-corrected chi connectivity index (χ3v) is 2.54. The number of hydrogen-bond acceptors (Lipinski definition) is 2. The van der Waals surface area contributed by atoms with E-state index >= 15 is 0 Å². The maximum atomic E-state index is 12.6. The topological polar surface area (TPSA) is 29.1 Å². The van der Waals surface area contributed by atoms with Gasteiger partial charge in [-0.05, 0) is 24.1 Å². The van der Waals surface area contributed by atoms with E-state index in [2.05, 4.69) is 5.32 Å². The maximum absolute atomic E-state index is 12.6. The van der Waals surface area contributed by atoms with E-state index in [0.29, 0.717) is 13.0 Å². The molecule has 1 aliphatic rings. The molecule has 0 amide bonds. The molecule has 1 fully saturated rings. The van der Waals surface area contributed by atoms with E-state index < -0.39 is 0 Å². The summed E-state index contributed by atoms with van der Waals surface area (Å²) in [4.78, 5) is 11.3. The van der Waals surface area contributed by atoms with Crippen LogP contribution in [0, 0.1) is 11.7 Å². The van der Waals surface area contributed by atoms with Crippen LogP contribution in [0.25, 0.3) is 0 Å². The summed E-state index contributed by atoms with van der Waals surface area (Å²) in [6.07, 6.45) is 0.714. The van der Waals surface area contributed by atoms with Crippen LogP contribution in [0.4, 0.5) is 4.39 Å². The van der Waals surface area contributed by atoms with E-state index in [4.69, 9.17) is 0 Å². The van der Waals surface area contributed by atoms with E-state index in [1.165, 1.54) is 12.1 Å². The van der Waals surface area contributed by atoms with Gasteiger partial charge < -0.3 is 5.32 Å². The molecule has 1 unspecified atom stereocenters. The highest BCUT2D eigenvalue weighted by Crippen LogP contribution is 2.13. The molecule has 1 N–H and O–H groups in total. The summed E-state index contributed by atoms with van der Waals surface area (Å²) >= 11 is 0. The first-order valence-corrected chi connectivity index (χ1v) is 4.73. The standard InChI is InChI=1S/C11H12FNO/c12-10-3-1-8(2-4-10)5-9-6-13-7-11(9)14/h1-4,9,13H,5-7H2. The van der Waals surface area contributed by atoms with Gasteiger partial charge in [-0.3, -0.25) is 4.79 Å². The van der Waals surface area contributed by atoms with E-state index in [1.54, 1.807) is 12.1 Å². The van der Waals surface area contributed by atoms with E-state index in [1.807, 2.05) is 0 Å². The number of carbonyl (C=O) groups excluding carboxylic acids is 1. The molecule has 1 atom stereocenters. The Morgan fingerprint density at radius 2 is 2.07 bits per heavy atom. The van der Waals surface area contributed by atoms with Crippen LogP contribution >= 0.6 is 0 Å². The quantitative estimate of drug-likeness (QED) is 0.763. The lowest BCUT2D eigenvalue weighted by Gasteiger charge is -2.06. The van der Waals surface area contributed by atoms with Crippen LogP contribution in [0.3, 0.4) is 0 Å². The van der Waals surface area contributed by atoms with Crippen molar-refractivity contribution in [1.82, 2.24) is 5.32 Å². The van der Waals surface area contributed by atoms with Crippen LogP contribution in [0.1, 0.15) is 5.56 Å². The fourth-order valence-electron chi connectivity index (χ4n) is 1.72. The molecule has 0 saturated carbocycles. The van der Waals surface area contributed by atoms with Gasteiger partial charge in [0.05, 0.1) is 6.54 Å². The SMILES string of the molecule is O=C1CNCC1Cc1ccc(F)cc1. The number of carbonyl (C=O) groups is 1. The Kier molecular flexibility index (Phi) is 2.59. The molecule has 2 rings (SSSR count). The summed E-state index contributed by atoms with van der Waals surface area (Å²) < 4.78 is 12.6. The number of halogens is 1. The zero-order chi connectivity index (χ0) is 9.97. The van der Waals surface area contributed by atoms with Crippen molar-refractivity contribution in [3.8, 4) is 0 Å². The lowest BCUT2D eigenvalue weighted by atomic mass is 9.98. The second kappa shape index (κ2) is 3.88. The smallest absolute Gasteiger partial charge is 0.151 e. The lowest BCUT2D eigenvalue weighted by molar-refractivity contribution is -0.119. The highest BCUT2D eigenvalue weighted by atomic mass is 19.1. The van der Waals surface area contributed by atoms with Gasteiger partial charge in [-0.15, -0.1) is 0 Å². The second-order valence-corrected chi connectivity index (χ2v) is 3.62. The molecule has 1 saturated heterocycles. The van der Waals surface area contributed by atoms with Gasteiger partial charge in [-0.1, -0.05) is 12.1 Å². The van der Waals surface area contributed by atoms with Crippen molar-refractivity contribution < 1.29 is 9.18 Å². The van der Waals surface area contributed by atoms with Crippen LogP contribution < -0.4 is 5.32 Å². The number of nitrogens with one attached hydrogen (secondary N) is 1. The predicted molar refractivity (Wildman–Crippen MR) is 51.5 cm³/mol. The van der Waals surface area contributed by atoms with Crippen molar-refractivity contribution in [3.05, 3.63) is 35.6 Å². The molecule has 1 aromatic carbocycles. The van der Waals surface area contributed by atoms with Gasteiger partial charge in [0, 0.05) is 12.5 Å². The highest BCUT2D eigenvalue weighted by Gasteiger charge is 2.23. The Bertz CT molecular complexity index is 334. The number of Topliss-reactive ketones (excluding diaryl/α,β-unsaturated/α-hetero) is 1. The average molecular weight is 193 g/mol. The zero-order valence-electron chi connectivity index (χ0n) is 7.79. The van der Waals surface area contributed by atoms with Crippen LogP contribution in [-0.4, -0.2) is 18.9 Å². The molecule has 0 radical (unpaired) electrons. The van der Waals surface area contributed by atoms with Crippen molar-refractivity contribution in [3.63, 3.8) is 0 Å². The van der Waals surface area contributed by atoms with Crippen molar-refractivity contribution in [2.45, 2.75) is 6.42 Å². The minimum Gasteiger partial charge on any atom is -0.309 e. The molecule has 0 aliphatic carbocycles. The molecule has 74 valence electrons. The molecular weight excluding hydrogens is 181 g/mol. The molecule has 1 aliphatic heterocycles. The first-order valence-electron chi connectivity index (χ1n) is 4.73. The number of benzene rings is 1. The van der Waals surface area contributed by atoms with Gasteiger partial charge in [0.15, 0.2) is 5.78 Å². The molecule has 2 nitrogen and oxygen atoms in total. The minimum absolute atomic E-state index is 0.0699. The Morgan fingerprint density at radius 3 is 2.64 bits per heavy atom. The van der Waals surface area contributed by atoms with Crippen molar-refractivity contribution in [2.75, 3.05) is 13.1 Å². The van der Waals surface area contributed by atoms with Crippen LogP contribution in [-0.2, 0) is 11.2 Å². The largest absolute Gasteiger partial charge is 0.309 e. The third kappa shape index (κ3) is 1.99. The van der Waals surface area contributed by atoms with Crippen LogP contribution in [0.5, 0.6) is 0 Å². The predicted octanol–water partition coefficient (Wildman–Crippen LogP) is 1.16. The maximum Gasteiger partial charge on any atom is 0.151 e. The molecule has 1 aromatic rings. The Hall–Kier alpha value is -1.22. The minimum atomic E-state index is -0.232. The molecule has 0 spiro atoms. The number of hydrogen-bond donors (Lipinski definition) is 1. The van der Waals surface area contributed by atoms with Gasteiger partial charge in [0.2, 0.25) is 0 Å². The molecule has 3 heteroatoms. The summed E-state index contributed by atoms with van der Waals surface area (Å²) in [6.45, 7) is 1.22. The normalized spacial score (nSPS) is 21.5. The zero-order valence-corrected chi connectivity index (χ0v) is 7.79. The summed E-state index contributed by atoms with van der Waals surface area (Å²) in [6, 6.07) is 6.34. The van der Waals surface area contributed by atoms with Crippen LogP contribution in [0.15, 0.2) is 24.3 Å². The monoisotopic (exact) mass is 193 g/mol. The van der Waals surface area contributed by atoms with Crippen LogP contribution in [0.2, 0.25) is 0 Å². The van der Waals surface area contributed by atoms with E-state index in [0.717, 1.165) is 12.1 Å². The second-order valence-electron chi connectivity index (χ2n) is 3.62. The summed E-state index contributed by atoms with van der Waals surface area (Å²) in [5.41, 5.74) is 1.02. The first kappa shape index (κ1) is 9.34. The lowest BCUT2D eigenvalue weighted by Crippen LogP contribution is -2.14. The van der Waals surface area contributed by atoms with Gasteiger partial charge in [-0.2, -0.15) is 0 Å². The van der Waals surface area contributed by atoms with E-state index in [-0.39, 0.29) is 17.5 Å². The van der Waals surface area contributed by atoms with E-state index in [9.17, 15) is 9.18 Å². The Balaban J connectivity index is 2.03. The van der Waals surface area contributed by atoms with Gasteiger partial charge in [0.25, 0.3) is 0 Å². The molecule has 14 heavy (non-hydrogen) atoms. The average Bonchev–Trinajstić information content (AvgIpc) is 2.56. The third-order valence-electron chi connectivity index (χ3n) is 2.54. The van der Waals surface area contributed by atoms with Gasteiger partial charge in [-0.25, -0.2) is 4.39 Å². The molecule has 1 heterocycles.